The first-order chi connectivity index (χ1) is 5.86. The van der Waals surface area contributed by atoms with Crippen molar-refractivity contribution < 1.29 is 4.84 Å². The maximum absolute atomic E-state index is 5.40. The number of rotatable bonds is 1. The molecule has 0 saturated heterocycles. The molecule has 0 aromatic heterocycles. The lowest BCUT2D eigenvalue weighted by Crippen LogP contribution is -2.27. The second-order valence-electron chi connectivity index (χ2n) is 2.43. The Hall–Kier alpha value is -1.68. The minimum Gasteiger partial charge on any atom is -0.369 e. The Morgan fingerprint density at radius 1 is 1.25 bits per heavy atom. The average Bonchev–Trinajstić information content (AvgIpc) is 2.54. The zero-order chi connectivity index (χ0) is 8.39. The van der Waals surface area contributed by atoms with Crippen molar-refractivity contribution >= 4 is 5.69 Å². The van der Waals surface area contributed by atoms with Crippen molar-refractivity contribution in [1.29, 1.82) is 0 Å². The quantitative estimate of drug-likeness (QED) is 0.640. The molecule has 4 heteroatoms. The van der Waals surface area contributed by atoms with Crippen LogP contribution in [0.3, 0.4) is 0 Å². The molecule has 1 aromatic rings. The normalized spacial score (nSPS) is 15.7. The van der Waals surface area contributed by atoms with Gasteiger partial charge in [-0.2, -0.15) is 0 Å². The molecule has 0 spiro atoms. The summed E-state index contributed by atoms with van der Waals surface area (Å²) in [5.41, 5.74) is 9.02. The van der Waals surface area contributed by atoms with Crippen LogP contribution in [0.5, 0.6) is 0 Å². The third kappa shape index (κ3) is 1.19. The summed E-state index contributed by atoms with van der Waals surface area (Å²) in [5, 5.41) is 1.70. The number of hydrazine groups is 1. The number of anilines is 1. The van der Waals surface area contributed by atoms with Crippen molar-refractivity contribution in [2.75, 3.05) is 5.01 Å². The molecule has 62 valence electrons. The Morgan fingerprint density at radius 3 is 2.58 bits per heavy atom. The van der Waals surface area contributed by atoms with Crippen LogP contribution in [0.2, 0.25) is 0 Å². The summed E-state index contributed by atoms with van der Waals surface area (Å²) in [7, 11) is 0. The van der Waals surface area contributed by atoms with Gasteiger partial charge >= 0.3 is 0 Å². The van der Waals surface area contributed by atoms with Crippen LogP contribution in [0.25, 0.3) is 0 Å². The topological polar surface area (TPSA) is 50.5 Å². The summed E-state index contributed by atoms with van der Waals surface area (Å²) in [6, 6.07) is 9.74. The fourth-order valence-electron chi connectivity index (χ4n) is 0.998. The van der Waals surface area contributed by atoms with Crippen LogP contribution in [0, 0.1) is 0 Å². The number of nitrogens with zero attached hydrogens (tertiary/aromatic N) is 1. The second-order valence-corrected chi connectivity index (χ2v) is 2.43. The highest BCUT2D eigenvalue weighted by atomic mass is 16.7. The lowest BCUT2D eigenvalue weighted by molar-refractivity contribution is 0.129. The summed E-state index contributed by atoms with van der Waals surface area (Å²) >= 11 is 0. The largest absolute Gasteiger partial charge is 0.369 e. The van der Waals surface area contributed by atoms with Crippen molar-refractivity contribution in [3.05, 3.63) is 42.4 Å². The number of nitrogens with two attached hydrogens (primary N) is 1. The van der Waals surface area contributed by atoms with E-state index in [2.05, 4.69) is 5.59 Å². The molecule has 0 unspecified atom stereocenters. The molecule has 0 fully saturated rings. The number of hydrogen-bond donors (Lipinski definition) is 2. The maximum Gasteiger partial charge on any atom is 0.229 e. The van der Waals surface area contributed by atoms with Gasteiger partial charge in [0.25, 0.3) is 0 Å². The number of nitrogens with one attached hydrogen (secondary N) is 1. The van der Waals surface area contributed by atoms with E-state index in [1.165, 1.54) is 0 Å². The van der Waals surface area contributed by atoms with E-state index in [0.29, 0.717) is 5.88 Å². The molecule has 0 aliphatic carbocycles. The van der Waals surface area contributed by atoms with Crippen LogP contribution in [0.4, 0.5) is 5.69 Å². The summed E-state index contributed by atoms with van der Waals surface area (Å²) in [6.07, 6.45) is 1.68. The van der Waals surface area contributed by atoms with E-state index >= 15 is 0 Å². The van der Waals surface area contributed by atoms with Gasteiger partial charge in [-0.25, -0.2) is 5.01 Å². The zero-order valence-corrected chi connectivity index (χ0v) is 6.40. The first-order valence-electron chi connectivity index (χ1n) is 3.60. The van der Waals surface area contributed by atoms with Gasteiger partial charge in [0, 0.05) is 0 Å². The standard InChI is InChI=1S/C8H9N3O/c9-8-6-11(10-12-8)7-4-2-1-3-5-7/h1-6,10H,9H2. The Labute approximate surface area is 70.2 Å². The van der Waals surface area contributed by atoms with E-state index in [0.717, 1.165) is 5.69 Å². The fraction of sp³-hybridized carbons (Fsp3) is 0. The van der Waals surface area contributed by atoms with E-state index in [1.807, 2.05) is 30.3 Å². The van der Waals surface area contributed by atoms with Gasteiger partial charge in [-0.15, -0.1) is 0 Å². The molecule has 1 aliphatic heterocycles. The van der Waals surface area contributed by atoms with Crippen LogP contribution in [0.1, 0.15) is 0 Å². The lowest BCUT2D eigenvalue weighted by Gasteiger charge is -2.12. The fourth-order valence-corrected chi connectivity index (χ4v) is 0.998. The molecule has 0 radical (unpaired) electrons. The first kappa shape index (κ1) is 7.00. The SMILES string of the molecule is NC1=CN(c2ccccc2)NO1. The van der Waals surface area contributed by atoms with Crippen LogP contribution in [0.15, 0.2) is 42.4 Å². The Balaban J connectivity index is 2.22. The second kappa shape index (κ2) is 2.75. The third-order valence-electron chi connectivity index (χ3n) is 1.55. The Morgan fingerprint density at radius 2 is 2.00 bits per heavy atom. The van der Waals surface area contributed by atoms with Gasteiger partial charge in [0.2, 0.25) is 5.88 Å². The molecule has 1 aliphatic rings. The molecular formula is C8H9N3O. The number of benzene rings is 1. The summed E-state index contributed by atoms with van der Waals surface area (Å²) in [6.45, 7) is 0. The maximum atomic E-state index is 5.40. The molecule has 12 heavy (non-hydrogen) atoms. The highest BCUT2D eigenvalue weighted by Crippen LogP contribution is 2.14. The van der Waals surface area contributed by atoms with Crippen molar-refractivity contribution in [3.63, 3.8) is 0 Å². The van der Waals surface area contributed by atoms with Crippen LogP contribution >= 0.6 is 0 Å². The third-order valence-corrected chi connectivity index (χ3v) is 1.55. The molecule has 0 amide bonds. The van der Waals surface area contributed by atoms with Crippen LogP contribution in [-0.4, -0.2) is 0 Å². The van der Waals surface area contributed by atoms with Gasteiger partial charge in [-0.05, 0) is 12.1 Å². The predicted octanol–water partition coefficient (Wildman–Crippen LogP) is 0.700. The minimum atomic E-state index is 0.360. The Kier molecular flexibility index (Phi) is 1.60. The van der Waals surface area contributed by atoms with Crippen molar-refractivity contribution in [3.8, 4) is 0 Å². The smallest absolute Gasteiger partial charge is 0.229 e. The van der Waals surface area contributed by atoms with Gasteiger partial charge in [-0.1, -0.05) is 23.8 Å². The van der Waals surface area contributed by atoms with Crippen LogP contribution < -0.4 is 16.3 Å². The summed E-state index contributed by atoms with van der Waals surface area (Å²) < 4.78 is 0. The minimum absolute atomic E-state index is 0.360. The molecule has 1 heterocycles. The molecule has 0 bridgehead atoms. The lowest BCUT2D eigenvalue weighted by atomic mass is 10.3. The highest BCUT2D eigenvalue weighted by Gasteiger charge is 2.10. The van der Waals surface area contributed by atoms with Crippen molar-refractivity contribution in [2.45, 2.75) is 0 Å². The van der Waals surface area contributed by atoms with E-state index < -0.39 is 0 Å². The highest BCUT2D eigenvalue weighted by molar-refractivity contribution is 5.48. The molecule has 2 rings (SSSR count). The molecule has 1 aromatic carbocycles. The van der Waals surface area contributed by atoms with Gasteiger partial charge in [0.15, 0.2) is 0 Å². The van der Waals surface area contributed by atoms with Gasteiger partial charge < -0.3 is 10.6 Å². The predicted molar refractivity (Wildman–Crippen MR) is 45.4 cm³/mol. The number of para-hydroxylation sites is 1. The summed E-state index contributed by atoms with van der Waals surface area (Å²) in [4.78, 5) is 4.83. The molecule has 0 atom stereocenters. The zero-order valence-electron chi connectivity index (χ0n) is 6.40. The molecule has 4 nitrogen and oxygen atoms in total. The Bertz CT molecular complexity index is 296. The van der Waals surface area contributed by atoms with Crippen LogP contribution in [-0.2, 0) is 4.84 Å². The molecule has 0 saturated carbocycles. The average molecular weight is 163 g/mol. The van der Waals surface area contributed by atoms with Gasteiger partial charge in [0.05, 0.1) is 11.9 Å². The van der Waals surface area contributed by atoms with Crippen molar-refractivity contribution in [2.24, 2.45) is 5.73 Å². The van der Waals surface area contributed by atoms with Gasteiger partial charge in [0.1, 0.15) is 0 Å². The van der Waals surface area contributed by atoms with E-state index in [-0.39, 0.29) is 0 Å². The first-order valence-corrected chi connectivity index (χ1v) is 3.60. The molecular weight excluding hydrogens is 154 g/mol. The van der Waals surface area contributed by atoms with E-state index in [4.69, 9.17) is 10.6 Å². The number of hydrogen-bond acceptors (Lipinski definition) is 4. The monoisotopic (exact) mass is 163 g/mol. The van der Waals surface area contributed by atoms with E-state index in [1.54, 1.807) is 11.2 Å². The van der Waals surface area contributed by atoms with E-state index in [9.17, 15) is 0 Å². The summed E-state index contributed by atoms with van der Waals surface area (Å²) in [5.74, 6) is 0.360. The molecule has 3 N–H and O–H groups in total. The van der Waals surface area contributed by atoms with Gasteiger partial charge in [-0.3, -0.25) is 0 Å². The van der Waals surface area contributed by atoms with Crippen molar-refractivity contribution in [1.82, 2.24) is 5.59 Å².